The number of piperidine rings is 2. The van der Waals surface area contributed by atoms with Gasteiger partial charge in [0.25, 0.3) is 0 Å². The van der Waals surface area contributed by atoms with Crippen LogP contribution < -0.4 is 15.5 Å². The van der Waals surface area contributed by atoms with Gasteiger partial charge in [-0.15, -0.1) is 0 Å². The minimum atomic E-state index is -0.0451. The average Bonchev–Trinajstić information content (AvgIpc) is 2.55. The minimum Gasteiger partial charge on any atom is -0.335 e. The number of anilines is 1. The summed E-state index contributed by atoms with van der Waals surface area (Å²) >= 11 is 0. The molecule has 2 amide bonds. The summed E-state index contributed by atoms with van der Waals surface area (Å²) in [5.74, 6) is 0.747. The number of hydrogen-bond donors (Lipinski definition) is 3. The molecule has 2 heterocycles. The van der Waals surface area contributed by atoms with Crippen LogP contribution in [0.4, 0.5) is 10.5 Å². The second-order valence-corrected chi connectivity index (χ2v) is 8.28. The number of fused-ring (bicyclic) bond motifs is 2. The fraction of sp³-hybridized carbons (Fsp3) is 0.667. The fourth-order valence-corrected chi connectivity index (χ4v) is 4.85. The van der Waals surface area contributed by atoms with E-state index in [9.17, 15) is 4.79 Å². The Kier molecular flexibility index (Phi) is 6.00. The van der Waals surface area contributed by atoms with Gasteiger partial charge in [-0.25, -0.2) is 4.79 Å². The maximum absolute atomic E-state index is 12.5. The van der Waals surface area contributed by atoms with Crippen LogP contribution in [-0.4, -0.2) is 30.7 Å². The Morgan fingerprint density at radius 2 is 1.88 bits per heavy atom. The summed E-state index contributed by atoms with van der Waals surface area (Å²) < 4.78 is 0. The highest BCUT2D eigenvalue weighted by Gasteiger charge is 2.42. The highest BCUT2D eigenvalue weighted by molar-refractivity contribution is 5.90. The van der Waals surface area contributed by atoms with Gasteiger partial charge in [0, 0.05) is 30.5 Å². The molecule has 3 rings (SSSR count). The van der Waals surface area contributed by atoms with Gasteiger partial charge >= 0.3 is 6.03 Å². The molecule has 0 saturated carbocycles. The Morgan fingerprint density at radius 1 is 1.20 bits per heavy atom. The number of carbonyl (C=O) groups excluding carboxylic acids is 1. The molecular formula is C21H34N3O+. The number of nitrogens with one attached hydrogen (secondary N) is 3. The van der Waals surface area contributed by atoms with Gasteiger partial charge in [-0.3, -0.25) is 0 Å². The molecule has 138 valence electrons. The molecule has 2 bridgehead atoms. The lowest BCUT2D eigenvalue weighted by atomic mass is 9.81. The van der Waals surface area contributed by atoms with Crippen LogP contribution >= 0.6 is 0 Å². The van der Waals surface area contributed by atoms with Crippen molar-refractivity contribution in [1.29, 1.82) is 0 Å². The Bertz CT molecular complexity index is 572. The predicted octanol–water partition coefficient (Wildman–Crippen LogP) is 2.99. The largest absolute Gasteiger partial charge is 0.335 e. The number of hydrogen-bond acceptors (Lipinski definition) is 1. The van der Waals surface area contributed by atoms with Crippen molar-refractivity contribution in [1.82, 2.24) is 5.32 Å². The molecule has 2 aliphatic rings. The SMILES string of the molecule is CCc1ccccc1NC(=O)NC1C[C@H]2CCC[C@H](C1)[NH+]2CC(C)C. The van der Waals surface area contributed by atoms with Gasteiger partial charge in [-0.2, -0.15) is 0 Å². The summed E-state index contributed by atoms with van der Waals surface area (Å²) in [6.45, 7) is 8.04. The van der Waals surface area contributed by atoms with E-state index in [1.807, 2.05) is 18.2 Å². The molecule has 2 fully saturated rings. The first kappa shape index (κ1) is 18.2. The molecule has 2 saturated heterocycles. The molecule has 1 aromatic rings. The number of rotatable bonds is 5. The molecule has 0 aliphatic carbocycles. The number of amides is 2. The molecule has 0 spiro atoms. The van der Waals surface area contributed by atoms with E-state index >= 15 is 0 Å². The quantitative estimate of drug-likeness (QED) is 0.755. The minimum absolute atomic E-state index is 0.0451. The van der Waals surface area contributed by atoms with Crippen LogP contribution in [0, 0.1) is 5.92 Å². The number of para-hydroxylation sites is 1. The molecular weight excluding hydrogens is 310 g/mol. The van der Waals surface area contributed by atoms with E-state index in [0.717, 1.165) is 43.0 Å². The van der Waals surface area contributed by atoms with Gasteiger partial charge in [-0.1, -0.05) is 39.0 Å². The lowest BCUT2D eigenvalue weighted by Gasteiger charge is -2.46. The summed E-state index contributed by atoms with van der Waals surface area (Å²) in [5, 5.41) is 6.32. The lowest BCUT2D eigenvalue weighted by Crippen LogP contribution is -3.21. The Hall–Kier alpha value is -1.55. The van der Waals surface area contributed by atoms with Crippen LogP contribution in [0.3, 0.4) is 0 Å². The first-order valence-electron chi connectivity index (χ1n) is 10.1. The van der Waals surface area contributed by atoms with E-state index in [4.69, 9.17) is 0 Å². The van der Waals surface area contributed by atoms with Crippen LogP contribution in [0.1, 0.15) is 58.4 Å². The second kappa shape index (κ2) is 8.22. The number of quaternary nitrogens is 1. The van der Waals surface area contributed by atoms with Crippen LogP contribution in [0.15, 0.2) is 24.3 Å². The number of aryl methyl sites for hydroxylation is 1. The molecule has 2 atom stereocenters. The maximum Gasteiger partial charge on any atom is 0.319 e. The Balaban J connectivity index is 1.58. The highest BCUT2D eigenvalue weighted by Crippen LogP contribution is 2.23. The molecule has 0 radical (unpaired) electrons. The molecule has 0 aromatic heterocycles. The summed E-state index contributed by atoms with van der Waals surface area (Å²) in [4.78, 5) is 14.3. The molecule has 0 unspecified atom stereocenters. The smallest absolute Gasteiger partial charge is 0.319 e. The average molecular weight is 345 g/mol. The first-order chi connectivity index (χ1) is 12.1. The summed E-state index contributed by atoms with van der Waals surface area (Å²) in [5.41, 5.74) is 2.12. The summed E-state index contributed by atoms with van der Waals surface area (Å²) in [6.07, 6.45) is 7.17. The van der Waals surface area contributed by atoms with Gasteiger partial charge in [-0.05, 0) is 37.3 Å². The normalized spacial score (nSPS) is 28.6. The zero-order chi connectivity index (χ0) is 17.8. The predicted molar refractivity (Wildman–Crippen MR) is 103 cm³/mol. The van der Waals surface area contributed by atoms with E-state index in [1.54, 1.807) is 4.90 Å². The van der Waals surface area contributed by atoms with Gasteiger partial charge in [0.1, 0.15) is 0 Å². The van der Waals surface area contributed by atoms with Crippen LogP contribution in [-0.2, 0) is 6.42 Å². The van der Waals surface area contributed by atoms with E-state index in [-0.39, 0.29) is 6.03 Å². The molecule has 2 aliphatic heterocycles. The number of benzene rings is 1. The summed E-state index contributed by atoms with van der Waals surface area (Å²) in [6, 6.07) is 9.79. The van der Waals surface area contributed by atoms with Gasteiger partial charge < -0.3 is 15.5 Å². The van der Waals surface area contributed by atoms with Crippen LogP contribution in [0.25, 0.3) is 0 Å². The monoisotopic (exact) mass is 344 g/mol. The van der Waals surface area contributed by atoms with E-state index in [1.165, 1.54) is 31.4 Å². The van der Waals surface area contributed by atoms with Crippen molar-refractivity contribution in [2.24, 2.45) is 5.92 Å². The van der Waals surface area contributed by atoms with Crippen molar-refractivity contribution < 1.29 is 9.69 Å². The van der Waals surface area contributed by atoms with E-state index < -0.39 is 0 Å². The molecule has 1 aromatic carbocycles. The van der Waals surface area contributed by atoms with Crippen molar-refractivity contribution in [3.8, 4) is 0 Å². The topological polar surface area (TPSA) is 45.6 Å². The lowest BCUT2D eigenvalue weighted by molar-refractivity contribution is -0.963. The Morgan fingerprint density at radius 3 is 2.52 bits per heavy atom. The van der Waals surface area contributed by atoms with Crippen molar-refractivity contribution in [2.75, 3.05) is 11.9 Å². The number of urea groups is 1. The van der Waals surface area contributed by atoms with Crippen LogP contribution in [0.2, 0.25) is 0 Å². The third kappa shape index (κ3) is 4.55. The molecule has 4 heteroatoms. The second-order valence-electron chi connectivity index (χ2n) is 8.28. The molecule has 3 N–H and O–H groups in total. The molecule has 4 nitrogen and oxygen atoms in total. The van der Waals surface area contributed by atoms with E-state index in [0.29, 0.717) is 6.04 Å². The van der Waals surface area contributed by atoms with Gasteiger partial charge in [0.15, 0.2) is 0 Å². The highest BCUT2D eigenvalue weighted by atomic mass is 16.2. The standard InChI is InChI=1S/C21H33N3O/c1-4-16-8-5-6-11-20(16)23-21(25)22-17-12-18-9-7-10-19(13-17)24(18)14-15(2)3/h5-6,8,11,15,17-19H,4,7,9-10,12-14H2,1-3H3,(H2,22,23,25)/p+1/t18-,19-/m1/s1. The Labute approximate surface area is 152 Å². The molecule has 25 heavy (non-hydrogen) atoms. The van der Waals surface area contributed by atoms with Crippen molar-refractivity contribution in [3.63, 3.8) is 0 Å². The zero-order valence-corrected chi connectivity index (χ0v) is 16.0. The van der Waals surface area contributed by atoms with Crippen molar-refractivity contribution >= 4 is 11.7 Å². The van der Waals surface area contributed by atoms with E-state index in [2.05, 4.69) is 37.5 Å². The van der Waals surface area contributed by atoms with Crippen LogP contribution in [0.5, 0.6) is 0 Å². The van der Waals surface area contributed by atoms with Gasteiger partial charge in [0.05, 0.1) is 18.6 Å². The first-order valence-corrected chi connectivity index (χ1v) is 10.1. The van der Waals surface area contributed by atoms with Gasteiger partial charge in [0.2, 0.25) is 0 Å². The van der Waals surface area contributed by atoms with Crippen molar-refractivity contribution in [3.05, 3.63) is 29.8 Å². The third-order valence-corrected chi connectivity index (χ3v) is 5.92. The fourth-order valence-electron chi connectivity index (χ4n) is 4.85. The van der Waals surface area contributed by atoms with Crippen molar-refractivity contribution in [2.45, 2.75) is 77.4 Å². The third-order valence-electron chi connectivity index (χ3n) is 5.92. The summed E-state index contributed by atoms with van der Waals surface area (Å²) in [7, 11) is 0. The zero-order valence-electron chi connectivity index (χ0n) is 16.0. The number of carbonyl (C=O) groups is 1. The maximum atomic E-state index is 12.5.